The van der Waals surface area contributed by atoms with Gasteiger partial charge in [-0.25, -0.2) is 0 Å². The van der Waals surface area contributed by atoms with Crippen LogP contribution in [0.1, 0.15) is 66.5 Å². The van der Waals surface area contributed by atoms with Crippen molar-refractivity contribution in [3.8, 4) is 0 Å². The van der Waals surface area contributed by atoms with Crippen molar-refractivity contribution >= 4 is 12.3 Å². The minimum atomic E-state index is 0.566. The minimum Gasteiger partial charge on any atom is -0.301 e. The zero-order valence-corrected chi connectivity index (χ0v) is 21.2. The van der Waals surface area contributed by atoms with Gasteiger partial charge < -0.3 is 4.99 Å². The van der Waals surface area contributed by atoms with Crippen LogP contribution < -0.4 is 0 Å². The molecule has 0 aliphatic rings. The van der Waals surface area contributed by atoms with Crippen LogP contribution in [0.25, 0.3) is 5.57 Å². The summed E-state index contributed by atoms with van der Waals surface area (Å²) in [6, 6.07) is 26.1. The molecule has 3 rings (SSSR count). The molecule has 3 aromatic rings. The maximum atomic E-state index is 3.49. The maximum Gasteiger partial charge on any atom is 0.0353 e. The van der Waals surface area contributed by atoms with Gasteiger partial charge in [0.2, 0.25) is 0 Å². The fourth-order valence-corrected chi connectivity index (χ4v) is 2.96. The van der Waals surface area contributed by atoms with E-state index >= 15 is 0 Å². The van der Waals surface area contributed by atoms with Crippen molar-refractivity contribution in [1.29, 1.82) is 0 Å². The maximum absolute atomic E-state index is 3.49. The van der Waals surface area contributed by atoms with Crippen LogP contribution in [0.4, 0.5) is 0 Å². The Labute approximate surface area is 197 Å². The first kappa shape index (κ1) is 27.1. The molecular formula is C31H41N. The van der Waals surface area contributed by atoms with E-state index in [0.717, 1.165) is 13.0 Å². The molecule has 3 aromatic carbocycles. The lowest BCUT2D eigenvalue weighted by molar-refractivity contribution is 0.781. The Bertz CT molecular complexity index is 908. The number of rotatable bonds is 5. The predicted molar refractivity (Wildman–Crippen MR) is 145 cm³/mol. The SMILES string of the molecule is C/C(=C\CC(C)c1ccc(C)cc1)c1ccc(C)cc1.C=NCC.Cc1ccc(C)cc1. The van der Waals surface area contributed by atoms with Gasteiger partial charge in [-0.15, -0.1) is 0 Å². The molecule has 1 heteroatoms. The molecule has 32 heavy (non-hydrogen) atoms. The summed E-state index contributed by atoms with van der Waals surface area (Å²) in [5, 5.41) is 0. The number of aryl methyl sites for hydroxylation is 4. The van der Waals surface area contributed by atoms with Gasteiger partial charge in [-0.05, 0) is 77.3 Å². The molecule has 0 saturated carbocycles. The Morgan fingerprint density at radius 2 is 1.09 bits per heavy atom. The van der Waals surface area contributed by atoms with Gasteiger partial charge in [-0.1, -0.05) is 108 Å². The van der Waals surface area contributed by atoms with Crippen molar-refractivity contribution in [3.05, 3.63) is 112 Å². The molecule has 1 unspecified atom stereocenters. The largest absolute Gasteiger partial charge is 0.301 e. The summed E-state index contributed by atoms with van der Waals surface area (Å²) in [5.74, 6) is 0.566. The van der Waals surface area contributed by atoms with Gasteiger partial charge in [0.05, 0.1) is 0 Å². The molecule has 0 saturated heterocycles. The average Bonchev–Trinajstić information content (AvgIpc) is 2.80. The van der Waals surface area contributed by atoms with Gasteiger partial charge in [-0.2, -0.15) is 0 Å². The Morgan fingerprint density at radius 1 is 0.750 bits per heavy atom. The van der Waals surface area contributed by atoms with E-state index in [0.29, 0.717) is 5.92 Å². The predicted octanol–water partition coefficient (Wildman–Crippen LogP) is 8.91. The molecule has 1 atom stereocenters. The molecule has 0 heterocycles. The van der Waals surface area contributed by atoms with Crippen LogP contribution in [0.15, 0.2) is 83.9 Å². The highest BCUT2D eigenvalue weighted by Crippen LogP contribution is 2.23. The summed E-state index contributed by atoms with van der Waals surface area (Å²) >= 11 is 0. The van der Waals surface area contributed by atoms with Crippen LogP contribution in [-0.2, 0) is 0 Å². The summed E-state index contributed by atoms with van der Waals surface area (Å²) in [4.78, 5) is 3.49. The van der Waals surface area contributed by atoms with Crippen molar-refractivity contribution in [2.75, 3.05) is 6.54 Å². The first-order valence-corrected chi connectivity index (χ1v) is 11.5. The molecule has 0 bridgehead atoms. The first-order valence-electron chi connectivity index (χ1n) is 11.5. The van der Waals surface area contributed by atoms with Crippen LogP contribution in [0.2, 0.25) is 0 Å². The molecule has 0 radical (unpaired) electrons. The number of hydrogen-bond acceptors (Lipinski definition) is 1. The molecule has 0 amide bonds. The Balaban J connectivity index is 0.000000350. The third-order valence-electron chi connectivity index (χ3n) is 5.37. The van der Waals surface area contributed by atoms with E-state index in [9.17, 15) is 0 Å². The highest BCUT2D eigenvalue weighted by Gasteiger charge is 2.04. The molecule has 0 fully saturated rings. The van der Waals surface area contributed by atoms with Crippen molar-refractivity contribution in [2.45, 2.75) is 60.8 Å². The van der Waals surface area contributed by atoms with Crippen LogP contribution in [0.3, 0.4) is 0 Å². The number of aliphatic imine (C=N–C) groups is 1. The van der Waals surface area contributed by atoms with Crippen LogP contribution in [0.5, 0.6) is 0 Å². The third kappa shape index (κ3) is 10.9. The second-order valence-corrected chi connectivity index (χ2v) is 8.50. The Kier molecular flexibility index (Phi) is 12.7. The van der Waals surface area contributed by atoms with E-state index in [1.54, 1.807) is 0 Å². The number of benzene rings is 3. The van der Waals surface area contributed by atoms with Crippen molar-refractivity contribution in [2.24, 2.45) is 4.99 Å². The van der Waals surface area contributed by atoms with Gasteiger partial charge in [0.1, 0.15) is 0 Å². The normalized spacial score (nSPS) is 11.4. The number of allylic oxidation sites excluding steroid dienone is 2. The molecule has 1 nitrogen and oxygen atoms in total. The molecule has 0 N–H and O–H groups in total. The molecule has 0 aromatic heterocycles. The highest BCUT2D eigenvalue weighted by molar-refractivity contribution is 5.63. The molecular weight excluding hydrogens is 386 g/mol. The first-order chi connectivity index (χ1) is 15.3. The molecule has 0 spiro atoms. The van der Waals surface area contributed by atoms with Crippen molar-refractivity contribution in [1.82, 2.24) is 0 Å². The minimum absolute atomic E-state index is 0.566. The zero-order valence-electron chi connectivity index (χ0n) is 21.2. The second kappa shape index (κ2) is 15.0. The lowest BCUT2D eigenvalue weighted by Crippen LogP contribution is -1.92. The van der Waals surface area contributed by atoms with Crippen molar-refractivity contribution < 1.29 is 0 Å². The number of hydrogen-bond donors (Lipinski definition) is 0. The fraction of sp³-hybridized carbons (Fsp3) is 0.323. The lowest BCUT2D eigenvalue weighted by Gasteiger charge is -2.11. The topological polar surface area (TPSA) is 12.4 Å². The quantitative estimate of drug-likeness (QED) is 0.360. The molecule has 170 valence electrons. The Hall–Kier alpha value is -2.93. The van der Waals surface area contributed by atoms with Gasteiger partial charge in [0.15, 0.2) is 0 Å². The highest BCUT2D eigenvalue weighted by atomic mass is 14.6. The Morgan fingerprint density at radius 3 is 1.47 bits per heavy atom. The molecule has 0 aliphatic carbocycles. The summed E-state index contributed by atoms with van der Waals surface area (Å²) in [6.45, 7) is 19.0. The van der Waals surface area contributed by atoms with Crippen LogP contribution in [-0.4, -0.2) is 13.3 Å². The second-order valence-electron chi connectivity index (χ2n) is 8.50. The van der Waals surface area contributed by atoms with Gasteiger partial charge in [-0.3, -0.25) is 0 Å². The lowest BCUT2D eigenvalue weighted by atomic mass is 9.95. The summed E-state index contributed by atoms with van der Waals surface area (Å²) in [5.41, 5.74) is 9.41. The summed E-state index contributed by atoms with van der Waals surface area (Å²) < 4.78 is 0. The monoisotopic (exact) mass is 427 g/mol. The van der Waals surface area contributed by atoms with E-state index in [1.165, 1.54) is 39.0 Å². The fourth-order valence-electron chi connectivity index (χ4n) is 2.96. The van der Waals surface area contributed by atoms with E-state index in [1.807, 2.05) is 6.92 Å². The van der Waals surface area contributed by atoms with Crippen LogP contribution in [0, 0.1) is 27.7 Å². The van der Waals surface area contributed by atoms with Crippen LogP contribution >= 0.6 is 0 Å². The number of nitrogens with zero attached hydrogens (tertiary/aromatic N) is 1. The average molecular weight is 428 g/mol. The van der Waals surface area contributed by atoms with E-state index in [4.69, 9.17) is 0 Å². The van der Waals surface area contributed by atoms with E-state index in [-0.39, 0.29) is 0 Å². The third-order valence-corrected chi connectivity index (χ3v) is 5.37. The zero-order chi connectivity index (χ0) is 23.9. The van der Waals surface area contributed by atoms with Crippen molar-refractivity contribution in [3.63, 3.8) is 0 Å². The smallest absolute Gasteiger partial charge is 0.0353 e. The van der Waals surface area contributed by atoms with E-state index < -0.39 is 0 Å². The standard InChI is InChI=1S/C20H24.C8H10.C3H7N/c1-15-5-11-19(12-6-15)17(3)9-10-18(4)20-13-7-16(2)8-14-20;1-7-3-5-8(2)6-4-7;1-3-4-2/h5-9,11-14,18H,10H2,1-4H3;3-6H,1-2H3;2-3H2,1H3/b17-9+;;. The van der Waals surface area contributed by atoms with Gasteiger partial charge in [0.25, 0.3) is 0 Å². The molecule has 0 aliphatic heterocycles. The van der Waals surface area contributed by atoms with E-state index in [2.05, 4.69) is 132 Å². The summed E-state index contributed by atoms with van der Waals surface area (Å²) in [7, 11) is 0. The van der Waals surface area contributed by atoms with Gasteiger partial charge in [0, 0.05) is 6.54 Å². The van der Waals surface area contributed by atoms with Gasteiger partial charge >= 0.3 is 0 Å². The summed E-state index contributed by atoms with van der Waals surface area (Å²) in [6.07, 6.45) is 3.44.